The van der Waals surface area contributed by atoms with Gasteiger partial charge >= 0.3 is 0 Å². The van der Waals surface area contributed by atoms with Crippen LogP contribution in [0.3, 0.4) is 0 Å². The van der Waals surface area contributed by atoms with Crippen molar-refractivity contribution in [3.05, 3.63) is 41.3 Å². The van der Waals surface area contributed by atoms with Gasteiger partial charge in [0.05, 0.1) is 5.69 Å². The van der Waals surface area contributed by atoms with Crippen molar-refractivity contribution in [3.8, 4) is 11.3 Å². The number of amides is 1. The maximum Gasteiger partial charge on any atom is 0.263 e. The molecular weight excluding hydrogens is 306 g/mol. The van der Waals surface area contributed by atoms with Crippen LogP contribution in [0.15, 0.2) is 36.4 Å². The molecule has 0 radical (unpaired) electrons. The molecule has 0 fully saturated rings. The molecule has 0 saturated carbocycles. The highest BCUT2D eigenvalue weighted by Gasteiger charge is 2.10. The van der Waals surface area contributed by atoms with E-state index in [-0.39, 0.29) is 18.3 Å². The fourth-order valence-electron chi connectivity index (χ4n) is 1.78. The second kappa shape index (κ2) is 9.50. The SMILES string of the molecule is CCCNCCNC(=O)c1cc(-c2ccccc2)ns1.Cl. The monoisotopic (exact) mass is 325 g/mol. The predicted octanol–water partition coefficient (Wildman–Crippen LogP) is 2.96. The highest BCUT2D eigenvalue weighted by atomic mass is 35.5. The molecule has 0 aliphatic rings. The van der Waals surface area contributed by atoms with Gasteiger partial charge in [0.15, 0.2) is 0 Å². The number of rotatable bonds is 7. The van der Waals surface area contributed by atoms with Gasteiger partial charge in [-0.15, -0.1) is 12.4 Å². The largest absolute Gasteiger partial charge is 0.350 e. The van der Waals surface area contributed by atoms with E-state index in [1.54, 1.807) is 0 Å². The van der Waals surface area contributed by atoms with Crippen LogP contribution in [0, 0.1) is 0 Å². The van der Waals surface area contributed by atoms with Crippen LogP contribution in [0.5, 0.6) is 0 Å². The van der Waals surface area contributed by atoms with E-state index in [9.17, 15) is 4.79 Å². The van der Waals surface area contributed by atoms with Crippen LogP contribution in [0.1, 0.15) is 23.0 Å². The highest BCUT2D eigenvalue weighted by molar-refractivity contribution is 7.08. The summed E-state index contributed by atoms with van der Waals surface area (Å²) in [6.45, 7) is 4.53. The summed E-state index contributed by atoms with van der Waals surface area (Å²) in [5.74, 6) is -0.0528. The average Bonchev–Trinajstić information content (AvgIpc) is 2.98. The van der Waals surface area contributed by atoms with Gasteiger partial charge in [0.2, 0.25) is 0 Å². The molecular formula is C15H20ClN3OS. The molecule has 1 amide bonds. The van der Waals surface area contributed by atoms with E-state index in [0.717, 1.165) is 30.8 Å². The van der Waals surface area contributed by atoms with Crippen LogP contribution in [0.2, 0.25) is 0 Å². The summed E-state index contributed by atoms with van der Waals surface area (Å²) < 4.78 is 4.33. The van der Waals surface area contributed by atoms with Crippen molar-refractivity contribution in [1.82, 2.24) is 15.0 Å². The van der Waals surface area contributed by atoms with Crippen LogP contribution in [0.4, 0.5) is 0 Å². The summed E-state index contributed by atoms with van der Waals surface area (Å²) in [4.78, 5) is 12.6. The van der Waals surface area contributed by atoms with Gasteiger partial charge in [-0.1, -0.05) is 37.3 Å². The lowest BCUT2D eigenvalue weighted by Gasteiger charge is -2.04. The molecule has 0 spiro atoms. The van der Waals surface area contributed by atoms with Crippen molar-refractivity contribution in [1.29, 1.82) is 0 Å². The number of hydrogen-bond donors (Lipinski definition) is 2. The lowest BCUT2D eigenvalue weighted by atomic mass is 10.1. The Morgan fingerprint density at radius 1 is 1.19 bits per heavy atom. The highest BCUT2D eigenvalue weighted by Crippen LogP contribution is 2.21. The van der Waals surface area contributed by atoms with Crippen LogP contribution in [-0.2, 0) is 0 Å². The maximum atomic E-state index is 12.0. The first kappa shape index (κ1) is 17.6. The summed E-state index contributed by atoms with van der Waals surface area (Å²) in [6.07, 6.45) is 1.10. The van der Waals surface area contributed by atoms with E-state index in [4.69, 9.17) is 0 Å². The summed E-state index contributed by atoms with van der Waals surface area (Å²) >= 11 is 1.24. The van der Waals surface area contributed by atoms with Crippen LogP contribution < -0.4 is 10.6 Å². The number of carbonyl (C=O) groups is 1. The molecule has 0 saturated heterocycles. The predicted molar refractivity (Wildman–Crippen MR) is 90.3 cm³/mol. The molecule has 114 valence electrons. The second-order valence-electron chi connectivity index (χ2n) is 4.45. The topological polar surface area (TPSA) is 54.0 Å². The number of halogens is 1. The van der Waals surface area contributed by atoms with Crippen LogP contribution in [-0.4, -0.2) is 29.9 Å². The molecule has 21 heavy (non-hydrogen) atoms. The number of benzene rings is 1. The molecule has 0 aliphatic heterocycles. The minimum Gasteiger partial charge on any atom is -0.350 e. The number of nitrogens with zero attached hydrogens (tertiary/aromatic N) is 1. The fourth-order valence-corrected chi connectivity index (χ4v) is 2.45. The first-order chi connectivity index (χ1) is 9.81. The Kier molecular flexibility index (Phi) is 7.97. The molecule has 0 atom stereocenters. The van der Waals surface area contributed by atoms with E-state index >= 15 is 0 Å². The number of nitrogens with one attached hydrogen (secondary N) is 2. The zero-order chi connectivity index (χ0) is 14.2. The zero-order valence-electron chi connectivity index (χ0n) is 12.0. The molecule has 2 rings (SSSR count). The third-order valence-corrected chi connectivity index (χ3v) is 3.61. The standard InChI is InChI=1S/C15H19N3OS.ClH/c1-2-8-16-9-10-17-15(19)14-11-13(18-20-14)12-6-4-3-5-7-12;/h3-7,11,16H,2,8-10H2,1H3,(H,17,19);1H. The molecule has 0 bridgehead atoms. The summed E-state index contributed by atoms with van der Waals surface area (Å²) in [5, 5.41) is 6.14. The molecule has 0 aliphatic carbocycles. The lowest BCUT2D eigenvalue weighted by molar-refractivity contribution is 0.0958. The molecule has 4 nitrogen and oxygen atoms in total. The quantitative estimate of drug-likeness (QED) is 0.769. The Balaban J connectivity index is 0.00000220. The Morgan fingerprint density at radius 2 is 1.95 bits per heavy atom. The van der Waals surface area contributed by atoms with E-state index in [1.165, 1.54) is 11.5 Å². The van der Waals surface area contributed by atoms with Gasteiger partial charge < -0.3 is 10.6 Å². The van der Waals surface area contributed by atoms with Gasteiger partial charge in [-0.05, 0) is 30.6 Å². The van der Waals surface area contributed by atoms with Crippen molar-refractivity contribution >= 4 is 29.8 Å². The average molecular weight is 326 g/mol. The number of aromatic nitrogens is 1. The van der Waals surface area contributed by atoms with Crippen molar-refractivity contribution in [2.45, 2.75) is 13.3 Å². The van der Waals surface area contributed by atoms with E-state index < -0.39 is 0 Å². The van der Waals surface area contributed by atoms with Crippen LogP contribution >= 0.6 is 23.9 Å². The third-order valence-electron chi connectivity index (χ3n) is 2.82. The van der Waals surface area contributed by atoms with Gasteiger partial charge in [0, 0.05) is 18.7 Å². The summed E-state index contributed by atoms with van der Waals surface area (Å²) in [6, 6.07) is 11.7. The molecule has 1 heterocycles. The first-order valence-corrected chi connectivity index (χ1v) is 7.59. The van der Waals surface area contributed by atoms with E-state index in [0.29, 0.717) is 11.4 Å². The van der Waals surface area contributed by atoms with Gasteiger partial charge in [-0.2, -0.15) is 4.37 Å². The fraction of sp³-hybridized carbons (Fsp3) is 0.333. The lowest BCUT2D eigenvalue weighted by Crippen LogP contribution is -2.31. The first-order valence-electron chi connectivity index (χ1n) is 6.82. The van der Waals surface area contributed by atoms with Crippen LogP contribution in [0.25, 0.3) is 11.3 Å². The van der Waals surface area contributed by atoms with Crippen molar-refractivity contribution in [2.24, 2.45) is 0 Å². The molecule has 2 N–H and O–H groups in total. The van der Waals surface area contributed by atoms with Gasteiger partial charge in [-0.3, -0.25) is 4.79 Å². The second-order valence-corrected chi connectivity index (χ2v) is 5.25. The molecule has 6 heteroatoms. The summed E-state index contributed by atoms with van der Waals surface area (Å²) in [5.41, 5.74) is 1.89. The molecule has 0 unspecified atom stereocenters. The maximum absolute atomic E-state index is 12.0. The minimum atomic E-state index is -0.0528. The van der Waals surface area contributed by atoms with E-state index in [1.807, 2.05) is 36.4 Å². The number of carbonyl (C=O) groups excluding carboxylic acids is 1. The Morgan fingerprint density at radius 3 is 2.67 bits per heavy atom. The van der Waals surface area contributed by atoms with Crippen molar-refractivity contribution < 1.29 is 4.79 Å². The Labute approximate surface area is 135 Å². The smallest absolute Gasteiger partial charge is 0.263 e. The molecule has 1 aromatic heterocycles. The van der Waals surface area contributed by atoms with Crippen molar-refractivity contribution in [3.63, 3.8) is 0 Å². The van der Waals surface area contributed by atoms with Gasteiger partial charge in [-0.25, -0.2) is 0 Å². The Hall–Kier alpha value is -1.43. The zero-order valence-corrected chi connectivity index (χ0v) is 13.6. The third kappa shape index (κ3) is 5.46. The van der Waals surface area contributed by atoms with Crippen molar-refractivity contribution in [2.75, 3.05) is 19.6 Å². The molecule has 2 aromatic rings. The Bertz CT molecular complexity index is 545. The van der Waals surface area contributed by atoms with E-state index in [2.05, 4.69) is 21.9 Å². The van der Waals surface area contributed by atoms with Gasteiger partial charge in [0.25, 0.3) is 5.91 Å². The molecule has 1 aromatic carbocycles. The normalized spacial score (nSPS) is 9.95. The number of hydrogen-bond acceptors (Lipinski definition) is 4. The summed E-state index contributed by atoms with van der Waals surface area (Å²) in [7, 11) is 0. The van der Waals surface area contributed by atoms with Gasteiger partial charge in [0.1, 0.15) is 4.88 Å². The minimum absolute atomic E-state index is 0.